The van der Waals surface area contributed by atoms with E-state index in [0.29, 0.717) is 16.6 Å². The highest BCUT2D eigenvalue weighted by molar-refractivity contribution is 5.80. The van der Waals surface area contributed by atoms with Crippen molar-refractivity contribution in [3.8, 4) is 0 Å². The molecule has 3 N–H and O–H groups in total. The molecule has 0 amide bonds. The zero-order valence-corrected chi connectivity index (χ0v) is 9.83. The Hall–Kier alpha value is -1.92. The van der Waals surface area contributed by atoms with Crippen LogP contribution in [0.5, 0.6) is 0 Å². The molecule has 0 bridgehead atoms. The molecule has 0 aliphatic heterocycles. The van der Waals surface area contributed by atoms with E-state index in [9.17, 15) is 15.0 Å². The van der Waals surface area contributed by atoms with Crippen LogP contribution < -0.4 is 0 Å². The molecule has 0 aliphatic rings. The van der Waals surface area contributed by atoms with E-state index >= 15 is 0 Å². The van der Waals surface area contributed by atoms with Gasteiger partial charge in [-0.15, -0.1) is 0 Å². The fraction of sp³-hybridized carbons (Fsp3) is 0.333. The number of hydrogen-bond acceptors (Lipinski definition) is 5. The Morgan fingerprint density at radius 2 is 2.33 bits per heavy atom. The molecule has 0 radical (unpaired) electrons. The second-order valence-electron chi connectivity index (χ2n) is 3.94. The molecule has 0 fully saturated rings. The summed E-state index contributed by atoms with van der Waals surface area (Å²) in [6.45, 7) is 0. The third-order valence-electron chi connectivity index (χ3n) is 2.77. The highest BCUT2D eigenvalue weighted by Gasteiger charge is 2.24. The average molecular weight is 250 g/mol. The van der Waals surface area contributed by atoms with E-state index in [1.807, 2.05) is 0 Å². The van der Waals surface area contributed by atoms with Gasteiger partial charge in [-0.1, -0.05) is 0 Å². The number of carbonyl (C=O) groups is 1. The van der Waals surface area contributed by atoms with Gasteiger partial charge >= 0.3 is 5.97 Å². The summed E-state index contributed by atoms with van der Waals surface area (Å²) in [7, 11) is 1.23. The van der Waals surface area contributed by atoms with Crippen LogP contribution in [0.15, 0.2) is 24.5 Å². The van der Waals surface area contributed by atoms with Crippen LogP contribution in [0.3, 0.4) is 0 Å². The zero-order valence-electron chi connectivity index (χ0n) is 9.83. The van der Waals surface area contributed by atoms with Crippen LogP contribution in [0.4, 0.5) is 0 Å². The molecular weight excluding hydrogens is 236 g/mol. The fourth-order valence-corrected chi connectivity index (χ4v) is 1.79. The summed E-state index contributed by atoms with van der Waals surface area (Å²) < 4.78 is 4.45. The van der Waals surface area contributed by atoms with Crippen LogP contribution in [0.2, 0.25) is 0 Å². The summed E-state index contributed by atoms with van der Waals surface area (Å²) in [6, 6.07) is 3.52. The topological polar surface area (TPSA) is 95.4 Å². The molecule has 0 aromatic carbocycles. The molecule has 6 heteroatoms. The Morgan fingerprint density at radius 3 is 3.06 bits per heavy atom. The first-order valence-electron chi connectivity index (χ1n) is 5.48. The van der Waals surface area contributed by atoms with Gasteiger partial charge in [0.15, 0.2) is 0 Å². The number of fused-ring (bicyclic) bond motifs is 1. The molecule has 2 aromatic heterocycles. The normalized spacial score (nSPS) is 14.4. The maximum absolute atomic E-state index is 11.0. The van der Waals surface area contributed by atoms with Gasteiger partial charge in [0.25, 0.3) is 0 Å². The van der Waals surface area contributed by atoms with Crippen molar-refractivity contribution in [1.82, 2.24) is 9.97 Å². The highest BCUT2D eigenvalue weighted by Crippen LogP contribution is 2.26. The predicted octanol–water partition coefficient (Wildman–Crippen LogP) is 0.520. The molecule has 6 nitrogen and oxygen atoms in total. The molecule has 2 heterocycles. The van der Waals surface area contributed by atoms with Gasteiger partial charge in [0, 0.05) is 23.3 Å². The van der Waals surface area contributed by atoms with Gasteiger partial charge < -0.3 is 19.9 Å². The number of H-pyrrole nitrogens is 1. The van der Waals surface area contributed by atoms with Gasteiger partial charge in [0.05, 0.1) is 19.6 Å². The predicted molar refractivity (Wildman–Crippen MR) is 63.7 cm³/mol. The van der Waals surface area contributed by atoms with E-state index < -0.39 is 18.2 Å². The van der Waals surface area contributed by atoms with Crippen molar-refractivity contribution in [1.29, 1.82) is 0 Å². The molecule has 2 unspecified atom stereocenters. The molecule has 0 saturated heterocycles. The second-order valence-corrected chi connectivity index (χ2v) is 3.94. The van der Waals surface area contributed by atoms with E-state index in [2.05, 4.69) is 14.7 Å². The standard InChI is InChI=1S/C12H14N2O4/c1-18-10(16)5-9(15)11(17)8-6-14-12-7(8)3-2-4-13-12/h2-4,6,9,11,15,17H,5H2,1H3,(H,13,14). The van der Waals surface area contributed by atoms with Crippen molar-refractivity contribution in [2.45, 2.75) is 18.6 Å². The maximum atomic E-state index is 11.0. The molecule has 2 rings (SSSR count). The lowest BCUT2D eigenvalue weighted by Gasteiger charge is -2.16. The van der Waals surface area contributed by atoms with Gasteiger partial charge in [-0.05, 0) is 12.1 Å². The van der Waals surface area contributed by atoms with Gasteiger partial charge in [0.1, 0.15) is 11.8 Å². The lowest BCUT2D eigenvalue weighted by molar-refractivity contribution is -0.144. The molecule has 18 heavy (non-hydrogen) atoms. The van der Waals surface area contributed by atoms with E-state index in [1.54, 1.807) is 24.5 Å². The van der Waals surface area contributed by atoms with Crippen molar-refractivity contribution in [2.75, 3.05) is 7.11 Å². The quantitative estimate of drug-likeness (QED) is 0.687. The summed E-state index contributed by atoms with van der Waals surface area (Å²) in [6.07, 6.45) is 0.562. The highest BCUT2D eigenvalue weighted by atomic mass is 16.5. The number of carbonyl (C=O) groups excluding carboxylic acids is 1. The molecule has 2 aromatic rings. The van der Waals surface area contributed by atoms with Gasteiger partial charge in [-0.25, -0.2) is 4.98 Å². The Kier molecular flexibility index (Phi) is 3.59. The first-order valence-corrected chi connectivity index (χ1v) is 5.48. The number of ether oxygens (including phenoxy) is 1. The van der Waals surface area contributed by atoms with Gasteiger partial charge in [-0.2, -0.15) is 0 Å². The minimum Gasteiger partial charge on any atom is -0.469 e. The first kappa shape index (κ1) is 12.5. The van der Waals surface area contributed by atoms with Crippen molar-refractivity contribution in [2.24, 2.45) is 0 Å². The number of rotatable bonds is 4. The summed E-state index contributed by atoms with van der Waals surface area (Å²) in [5, 5.41) is 20.5. The van der Waals surface area contributed by atoms with Gasteiger partial charge in [-0.3, -0.25) is 4.79 Å². The third-order valence-corrected chi connectivity index (χ3v) is 2.77. The number of esters is 1. The monoisotopic (exact) mass is 250 g/mol. The second kappa shape index (κ2) is 5.16. The number of aliphatic hydroxyl groups excluding tert-OH is 2. The van der Waals surface area contributed by atoms with Crippen molar-refractivity contribution in [3.05, 3.63) is 30.1 Å². The summed E-state index contributed by atoms with van der Waals surface area (Å²) in [5.74, 6) is -0.570. The summed E-state index contributed by atoms with van der Waals surface area (Å²) in [5.41, 5.74) is 1.13. The summed E-state index contributed by atoms with van der Waals surface area (Å²) in [4.78, 5) is 18.0. The van der Waals surface area contributed by atoms with Crippen LogP contribution >= 0.6 is 0 Å². The molecular formula is C12H14N2O4. The van der Waals surface area contributed by atoms with Crippen LogP contribution in [-0.2, 0) is 9.53 Å². The first-order chi connectivity index (χ1) is 8.63. The fourth-order valence-electron chi connectivity index (χ4n) is 1.79. The number of hydrogen-bond donors (Lipinski definition) is 3. The van der Waals surface area contributed by atoms with Crippen LogP contribution in [0.25, 0.3) is 11.0 Å². The number of aromatic amines is 1. The number of nitrogens with one attached hydrogen (secondary N) is 1. The summed E-state index contributed by atoms with van der Waals surface area (Å²) >= 11 is 0. The number of nitrogens with zero attached hydrogens (tertiary/aromatic N) is 1. The number of pyridine rings is 1. The largest absolute Gasteiger partial charge is 0.469 e. The Morgan fingerprint density at radius 1 is 1.56 bits per heavy atom. The third kappa shape index (κ3) is 2.34. The Balaban J connectivity index is 2.22. The Labute approximate surface area is 103 Å². The van der Waals surface area contributed by atoms with E-state index in [1.165, 1.54) is 7.11 Å². The number of methoxy groups -OCH3 is 1. The van der Waals surface area contributed by atoms with Crippen molar-refractivity contribution >= 4 is 17.0 Å². The minimum absolute atomic E-state index is 0.259. The maximum Gasteiger partial charge on any atom is 0.308 e. The molecule has 96 valence electrons. The number of aliphatic hydroxyl groups is 2. The van der Waals surface area contributed by atoms with E-state index in [4.69, 9.17) is 0 Å². The molecule has 0 aliphatic carbocycles. The lowest BCUT2D eigenvalue weighted by atomic mass is 10.0. The lowest BCUT2D eigenvalue weighted by Crippen LogP contribution is -2.22. The molecule has 2 atom stereocenters. The van der Waals surface area contributed by atoms with Crippen molar-refractivity contribution in [3.63, 3.8) is 0 Å². The molecule has 0 saturated carbocycles. The van der Waals surface area contributed by atoms with Crippen molar-refractivity contribution < 1.29 is 19.7 Å². The molecule has 0 spiro atoms. The van der Waals surface area contributed by atoms with Crippen LogP contribution in [-0.4, -0.2) is 39.4 Å². The smallest absolute Gasteiger partial charge is 0.308 e. The average Bonchev–Trinajstić information content (AvgIpc) is 2.81. The van der Waals surface area contributed by atoms with Crippen LogP contribution in [0.1, 0.15) is 18.1 Å². The van der Waals surface area contributed by atoms with E-state index in [-0.39, 0.29) is 6.42 Å². The van der Waals surface area contributed by atoms with Crippen LogP contribution in [0, 0.1) is 0 Å². The Bertz CT molecular complexity index is 552. The van der Waals surface area contributed by atoms with Gasteiger partial charge in [0.2, 0.25) is 0 Å². The number of aromatic nitrogens is 2. The minimum atomic E-state index is -1.21. The zero-order chi connectivity index (χ0) is 13.1. The van der Waals surface area contributed by atoms with E-state index in [0.717, 1.165) is 0 Å². The SMILES string of the molecule is COC(=O)CC(O)C(O)c1c[nH]c2ncccc12.